The van der Waals surface area contributed by atoms with Gasteiger partial charge in [-0.15, -0.1) is 10.2 Å². The molecule has 0 unspecified atom stereocenters. The fraction of sp³-hybridized carbons (Fsp3) is 0.471. The number of amides is 2. The third kappa shape index (κ3) is 3.91. The number of aryl methyl sites for hydroxylation is 1. The summed E-state index contributed by atoms with van der Waals surface area (Å²) in [5.74, 6) is 1.80. The number of urea groups is 1. The van der Waals surface area contributed by atoms with Crippen LogP contribution in [0.15, 0.2) is 30.3 Å². The Morgan fingerprint density at radius 1 is 1.25 bits per heavy atom. The van der Waals surface area contributed by atoms with Crippen LogP contribution in [0.2, 0.25) is 0 Å². The van der Waals surface area contributed by atoms with Gasteiger partial charge in [-0.25, -0.2) is 4.79 Å². The molecule has 2 N–H and O–H groups in total. The van der Waals surface area contributed by atoms with Crippen molar-refractivity contribution in [1.29, 1.82) is 0 Å². The van der Waals surface area contributed by atoms with Crippen LogP contribution in [0.5, 0.6) is 0 Å². The lowest BCUT2D eigenvalue weighted by molar-refractivity contribution is 0.173. The minimum Gasteiger partial charge on any atom is -0.395 e. The Kier molecular flexibility index (Phi) is 5.43. The van der Waals surface area contributed by atoms with Crippen LogP contribution in [-0.2, 0) is 26.1 Å². The molecule has 2 amide bonds. The summed E-state index contributed by atoms with van der Waals surface area (Å²) in [7, 11) is 0. The molecule has 0 bridgehead atoms. The second-order valence-corrected chi connectivity index (χ2v) is 5.93. The molecule has 0 aliphatic carbocycles. The van der Waals surface area contributed by atoms with Gasteiger partial charge in [0.25, 0.3) is 0 Å². The van der Waals surface area contributed by atoms with Gasteiger partial charge >= 0.3 is 6.03 Å². The van der Waals surface area contributed by atoms with Gasteiger partial charge in [-0.2, -0.15) is 0 Å². The minimum absolute atomic E-state index is 0.0689. The van der Waals surface area contributed by atoms with Crippen LogP contribution in [0, 0.1) is 0 Å². The highest BCUT2D eigenvalue weighted by molar-refractivity contribution is 5.74. The van der Waals surface area contributed by atoms with E-state index in [1.807, 2.05) is 30.3 Å². The van der Waals surface area contributed by atoms with E-state index in [2.05, 4.69) is 20.1 Å². The molecule has 0 saturated heterocycles. The number of aliphatic hydroxyl groups is 1. The molecule has 3 rings (SSSR count). The van der Waals surface area contributed by atoms with E-state index in [4.69, 9.17) is 0 Å². The molecule has 0 radical (unpaired) electrons. The predicted octanol–water partition coefficient (Wildman–Crippen LogP) is 1.32. The normalized spacial score (nSPS) is 13.4. The summed E-state index contributed by atoms with van der Waals surface area (Å²) in [5.41, 5.74) is 1.03. The zero-order chi connectivity index (χ0) is 16.8. The van der Waals surface area contributed by atoms with E-state index in [0.29, 0.717) is 19.6 Å². The van der Waals surface area contributed by atoms with Gasteiger partial charge in [0.05, 0.1) is 13.2 Å². The van der Waals surface area contributed by atoms with Crippen molar-refractivity contribution in [3.05, 3.63) is 47.5 Å². The first-order valence-corrected chi connectivity index (χ1v) is 8.36. The lowest BCUT2D eigenvalue weighted by Gasteiger charge is -2.22. The molecule has 2 heterocycles. The molecule has 1 aromatic carbocycles. The number of benzene rings is 1. The van der Waals surface area contributed by atoms with Crippen molar-refractivity contribution in [2.75, 3.05) is 13.2 Å². The van der Waals surface area contributed by atoms with Crippen LogP contribution in [0.1, 0.15) is 30.1 Å². The highest BCUT2D eigenvalue weighted by atomic mass is 16.3. The smallest absolute Gasteiger partial charge is 0.318 e. The van der Waals surface area contributed by atoms with Gasteiger partial charge in [0.2, 0.25) is 0 Å². The van der Waals surface area contributed by atoms with Gasteiger partial charge in [-0.3, -0.25) is 0 Å². The lowest BCUT2D eigenvalue weighted by atomic mass is 10.2. The van der Waals surface area contributed by atoms with Crippen LogP contribution >= 0.6 is 0 Å². The van der Waals surface area contributed by atoms with Crippen molar-refractivity contribution in [1.82, 2.24) is 25.0 Å². The number of nitrogens with one attached hydrogen (secondary N) is 1. The summed E-state index contributed by atoms with van der Waals surface area (Å²) >= 11 is 0. The standard InChI is InChI=1S/C17H23N5O2/c23-11-10-21(13-14-6-2-1-3-7-14)17(24)18-12-16-20-19-15-8-4-5-9-22(15)16/h1-3,6-7,23H,4-5,8-13H2,(H,18,24). The Hall–Kier alpha value is -2.41. The number of hydrogen-bond donors (Lipinski definition) is 2. The van der Waals surface area contributed by atoms with Crippen molar-refractivity contribution < 1.29 is 9.90 Å². The SMILES string of the molecule is O=C(NCc1nnc2n1CCCC2)N(CCO)Cc1ccccc1. The summed E-state index contributed by atoms with van der Waals surface area (Å²) in [6.07, 6.45) is 3.22. The van der Waals surface area contributed by atoms with E-state index < -0.39 is 0 Å². The first-order chi connectivity index (χ1) is 11.8. The zero-order valence-electron chi connectivity index (χ0n) is 13.7. The summed E-state index contributed by atoms with van der Waals surface area (Å²) in [5, 5.41) is 20.5. The van der Waals surface area contributed by atoms with E-state index in [1.165, 1.54) is 0 Å². The van der Waals surface area contributed by atoms with Crippen LogP contribution in [0.4, 0.5) is 4.79 Å². The number of fused-ring (bicyclic) bond motifs is 1. The zero-order valence-corrected chi connectivity index (χ0v) is 13.7. The van der Waals surface area contributed by atoms with Crippen molar-refractivity contribution in [3.63, 3.8) is 0 Å². The Morgan fingerprint density at radius 3 is 2.88 bits per heavy atom. The average molecular weight is 329 g/mol. The van der Waals surface area contributed by atoms with Gasteiger partial charge in [0.15, 0.2) is 5.82 Å². The van der Waals surface area contributed by atoms with E-state index in [9.17, 15) is 9.90 Å². The second-order valence-electron chi connectivity index (χ2n) is 5.93. The van der Waals surface area contributed by atoms with Gasteiger partial charge < -0.3 is 19.9 Å². The Bertz CT molecular complexity index is 671. The Balaban J connectivity index is 1.60. The summed E-state index contributed by atoms with van der Waals surface area (Å²) in [4.78, 5) is 14.0. The number of aromatic nitrogens is 3. The van der Waals surface area contributed by atoms with Gasteiger partial charge in [0.1, 0.15) is 5.82 Å². The lowest BCUT2D eigenvalue weighted by Crippen LogP contribution is -2.41. The third-order valence-electron chi connectivity index (χ3n) is 4.21. The van der Waals surface area contributed by atoms with Crippen LogP contribution < -0.4 is 5.32 Å². The predicted molar refractivity (Wildman–Crippen MR) is 89.1 cm³/mol. The van der Waals surface area contributed by atoms with E-state index in [-0.39, 0.29) is 12.6 Å². The number of carbonyl (C=O) groups is 1. The van der Waals surface area contributed by atoms with Crippen molar-refractivity contribution >= 4 is 6.03 Å². The third-order valence-corrected chi connectivity index (χ3v) is 4.21. The topological polar surface area (TPSA) is 83.3 Å². The molecule has 2 aromatic rings. The molecule has 1 aliphatic rings. The number of nitrogens with zero attached hydrogens (tertiary/aromatic N) is 4. The molecular weight excluding hydrogens is 306 g/mol. The Labute approximate surface area is 141 Å². The maximum absolute atomic E-state index is 12.4. The Morgan fingerprint density at radius 2 is 2.08 bits per heavy atom. The maximum Gasteiger partial charge on any atom is 0.318 e. The fourth-order valence-corrected chi connectivity index (χ4v) is 2.94. The number of hydrogen-bond acceptors (Lipinski definition) is 4. The van der Waals surface area contributed by atoms with Gasteiger partial charge in [0, 0.05) is 26.1 Å². The molecule has 1 aliphatic heterocycles. The average Bonchev–Trinajstić information content (AvgIpc) is 3.03. The molecule has 0 atom stereocenters. The fourth-order valence-electron chi connectivity index (χ4n) is 2.94. The van der Waals surface area contributed by atoms with Crippen LogP contribution in [0.3, 0.4) is 0 Å². The maximum atomic E-state index is 12.4. The summed E-state index contributed by atoms with van der Waals surface area (Å²) in [6.45, 7) is 1.95. The highest BCUT2D eigenvalue weighted by Gasteiger charge is 2.18. The summed E-state index contributed by atoms with van der Waals surface area (Å²) < 4.78 is 2.09. The molecule has 0 saturated carbocycles. The second kappa shape index (κ2) is 7.92. The van der Waals surface area contributed by atoms with Crippen LogP contribution in [-0.4, -0.2) is 44.0 Å². The number of carbonyl (C=O) groups excluding carboxylic acids is 1. The molecule has 1 aromatic heterocycles. The van der Waals surface area contributed by atoms with Gasteiger partial charge in [-0.05, 0) is 18.4 Å². The largest absolute Gasteiger partial charge is 0.395 e. The monoisotopic (exact) mass is 329 g/mol. The molecule has 128 valence electrons. The quantitative estimate of drug-likeness (QED) is 0.837. The molecule has 0 spiro atoms. The van der Waals surface area contributed by atoms with Crippen molar-refractivity contribution in [2.24, 2.45) is 0 Å². The molecule has 7 nitrogen and oxygen atoms in total. The van der Waals surface area contributed by atoms with E-state index in [0.717, 1.165) is 43.0 Å². The van der Waals surface area contributed by atoms with E-state index in [1.54, 1.807) is 4.90 Å². The van der Waals surface area contributed by atoms with E-state index >= 15 is 0 Å². The first-order valence-electron chi connectivity index (χ1n) is 8.36. The highest BCUT2D eigenvalue weighted by Crippen LogP contribution is 2.14. The van der Waals surface area contributed by atoms with Crippen molar-refractivity contribution in [3.8, 4) is 0 Å². The van der Waals surface area contributed by atoms with Crippen LogP contribution in [0.25, 0.3) is 0 Å². The number of aliphatic hydroxyl groups excluding tert-OH is 1. The number of rotatable bonds is 6. The molecular formula is C17H23N5O2. The molecule has 0 fully saturated rings. The van der Waals surface area contributed by atoms with Gasteiger partial charge in [-0.1, -0.05) is 30.3 Å². The summed E-state index contributed by atoms with van der Waals surface area (Å²) in [6, 6.07) is 9.54. The van der Waals surface area contributed by atoms with Crippen molar-refractivity contribution in [2.45, 2.75) is 38.9 Å². The minimum atomic E-state index is -0.207. The first kappa shape index (κ1) is 16.4. The molecule has 7 heteroatoms. The molecule has 24 heavy (non-hydrogen) atoms.